The molecule has 4 aromatic carbocycles. The molecule has 47 heavy (non-hydrogen) atoms. The molecular weight excluding hydrogens is 581 g/mol. The maximum absolute atomic E-state index is 2.71. The van der Waals surface area contributed by atoms with Crippen LogP contribution in [-0.2, 0) is 18.3 Å². The van der Waals surface area contributed by atoms with Crippen LogP contribution in [0.15, 0.2) is 59.7 Å². The molecule has 0 aliphatic heterocycles. The molecule has 0 fully saturated rings. The predicted molar refractivity (Wildman–Crippen MR) is 208 cm³/mol. The van der Waals surface area contributed by atoms with Gasteiger partial charge in [0.1, 0.15) is 0 Å². The van der Waals surface area contributed by atoms with Crippen molar-refractivity contribution in [1.29, 1.82) is 0 Å². The minimum absolute atomic E-state index is 0.0661. The third-order valence-electron chi connectivity index (χ3n) is 11.7. The Hall–Kier alpha value is -3.42. The van der Waals surface area contributed by atoms with Crippen LogP contribution >= 0.6 is 0 Å². The minimum atomic E-state index is -2.03. The topological polar surface area (TPSA) is 0 Å². The van der Waals surface area contributed by atoms with Crippen molar-refractivity contribution in [3.05, 3.63) is 126 Å². The van der Waals surface area contributed by atoms with Gasteiger partial charge in [-0.2, -0.15) is 0 Å². The summed E-state index contributed by atoms with van der Waals surface area (Å²) >= 11 is 0. The van der Waals surface area contributed by atoms with Crippen LogP contribution in [0.1, 0.15) is 119 Å². The second-order valence-electron chi connectivity index (χ2n) is 17.1. The van der Waals surface area contributed by atoms with Crippen LogP contribution in [0, 0.1) is 34.6 Å². The number of benzene rings is 4. The molecule has 1 heteroatoms. The summed E-state index contributed by atoms with van der Waals surface area (Å²) in [5, 5.41) is 0. The maximum atomic E-state index is 2.71. The van der Waals surface area contributed by atoms with E-state index in [0.717, 1.165) is 0 Å². The standard InChI is InChI=1S/C46H54Si/c1-26-16-27(2)19-34(18-26)42-32(7)41(46(8,9)10)25-40-37(42)22-30(5)45(40)47(11,12)44-31(6)23-38-39(44)24-33-14-13-15-36(33)43(38)35-20-28(3)17-29(4)21-35/h16-25,44-45H,13-15H2,1-12H3. The van der Waals surface area contributed by atoms with E-state index in [1.54, 1.807) is 33.4 Å². The first-order chi connectivity index (χ1) is 22.1. The van der Waals surface area contributed by atoms with Crippen molar-refractivity contribution in [2.24, 2.45) is 0 Å². The van der Waals surface area contributed by atoms with Crippen LogP contribution in [0.3, 0.4) is 0 Å². The SMILES string of the molecule is CC1=Cc2c(cc(C(C)(C)C)c(C)c2-c2cc(C)cc(C)c2)C1[Si](C)(C)C1C(C)=Cc2c1cc1c(c2-c2cc(C)cc(C)c2)CCC1. The molecule has 0 bridgehead atoms. The van der Waals surface area contributed by atoms with Crippen molar-refractivity contribution in [3.63, 3.8) is 0 Å². The molecule has 7 rings (SSSR count). The third-order valence-corrected chi connectivity index (χ3v) is 16.2. The largest absolute Gasteiger partial charge is 0.0722 e. The van der Waals surface area contributed by atoms with Gasteiger partial charge in [-0.3, -0.25) is 0 Å². The number of hydrogen-bond acceptors (Lipinski definition) is 0. The molecule has 0 heterocycles. The average molecular weight is 635 g/mol. The van der Waals surface area contributed by atoms with E-state index in [1.807, 2.05) is 0 Å². The zero-order valence-corrected chi connectivity index (χ0v) is 32.0. The first-order valence-electron chi connectivity index (χ1n) is 18.0. The van der Waals surface area contributed by atoms with Crippen LogP contribution in [0.4, 0.5) is 0 Å². The van der Waals surface area contributed by atoms with Crippen molar-refractivity contribution in [2.75, 3.05) is 0 Å². The van der Waals surface area contributed by atoms with Gasteiger partial charge in [-0.25, -0.2) is 0 Å². The highest BCUT2D eigenvalue weighted by atomic mass is 28.3. The molecule has 3 aliphatic carbocycles. The lowest BCUT2D eigenvalue weighted by molar-refractivity contribution is 0.585. The zero-order chi connectivity index (χ0) is 33.7. The van der Waals surface area contributed by atoms with Gasteiger partial charge in [0, 0.05) is 11.1 Å². The Kier molecular flexibility index (Phi) is 7.56. The Morgan fingerprint density at radius 3 is 1.55 bits per heavy atom. The van der Waals surface area contributed by atoms with Crippen LogP contribution in [0.5, 0.6) is 0 Å². The first-order valence-corrected chi connectivity index (χ1v) is 21.1. The predicted octanol–water partition coefficient (Wildman–Crippen LogP) is 12.8. The smallest absolute Gasteiger partial charge is 0.0679 e. The molecule has 2 atom stereocenters. The number of rotatable bonds is 4. The second kappa shape index (κ2) is 11.1. The van der Waals surface area contributed by atoms with Crippen LogP contribution in [0.25, 0.3) is 34.4 Å². The van der Waals surface area contributed by atoms with E-state index in [1.165, 1.54) is 86.0 Å². The second-order valence-corrected chi connectivity index (χ2v) is 21.9. The normalized spacial score (nSPS) is 18.6. The van der Waals surface area contributed by atoms with Gasteiger partial charge in [0.2, 0.25) is 0 Å². The zero-order valence-electron chi connectivity index (χ0n) is 31.0. The molecule has 242 valence electrons. The lowest BCUT2D eigenvalue weighted by Crippen LogP contribution is -2.42. The molecule has 4 aromatic rings. The fourth-order valence-corrected chi connectivity index (χ4v) is 15.3. The molecule has 0 saturated carbocycles. The van der Waals surface area contributed by atoms with Gasteiger partial charge in [-0.1, -0.05) is 128 Å². The molecule has 2 unspecified atom stereocenters. The van der Waals surface area contributed by atoms with Crippen molar-refractivity contribution in [1.82, 2.24) is 0 Å². The third kappa shape index (κ3) is 5.16. The molecule has 0 nitrogen and oxygen atoms in total. The van der Waals surface area contributed by atoms with Gasteiger partial charge in [0.15, 0.2) is 0 Å². The summed E-state index contributed by atoms with van der Waals surface area (Å²) in [5.74, 6) is 0. The molecule has 0 saturated heterocycles. The van der Waals surface area contributed by atoms with Crippen molar-refractivity contribution >= 4 is 20.2 Å². The highest BCUT2D eigenvalue weighted by molar-refractivity contribution is 6.81. The number of aryl methyl sites for hydroxylation is 5. The van der Waals surface area contributed by atoms with Gasteiger partial charge >= 0.3 is 0 Å². The van der Waals surface area contributed by atoms with E-state index in [-0.39, 0.29) is 5.41 Å². The number of hydrogen-bond donors (Lipinski definition) is 0. The Bertz CT molecular complexity index is 2000. The monoisotopic (exact) mass is 634 g/mol. The summed E-state index contributed by atoms with van der Waals surface area (Å²) < 4.78 is 0. The van der Waals surface area contributed by atoms with Gasteiger partial charge < -0.3 is 0 Å². The Balaban J connectivity index is 1.44. The fraction of sp³-hybridized carbons (Fsp3) is 0.391. The van der Waals surface area contributed by atoms with E-state index in [4.69, 9.17) is 0 Å². The van der Waals surface area contributed by atoms with Gasteiger partial charge in [-0.15, -0.1) is 0 Å². The van der Waals surface area contributed by atoms with Gasteiger partial charge in [0.25, 0.3) is 0 Å². The maximum Gasteiger partial charge on any atom is 0.0722 e. The molecule has 3 aliphatic rings. The van der Waals surface area contributed by atoms with Gasteiger partial charge in [-0.05, 0) is 140 Å². The number of fused-ring (bicyclic) bond motifs is 3. The molecule has 0 aromatic heterocycles. The molecule has 0 N–H and O–H groups in total. The van der Waals surface area contributed by atoms with Crippen molar-refractivity contribution < 1.29 is 0 Å². The summed E-state index contributed by atoms with van der Waals surface area (Å²) in [6.45, 7) is 28.9. The highest BCUT2D eigenvalue weighted by Gasteiger charge is 2.48. The van der Waals surface area contributed by atoms with E-state index < -0.39 is 8.07 Å². The van der Waals surface area contributed by atoms with Crippen molar-refractivity contribution in [3.8, 4) is 22.3 Å². The van der Waals surface area contributed by atoms with Crippen LogP contribution in [-0.4, -0.2) is 8.07 Å². The molecule has 0 radical (unpaired) electrons. The summed E-state index contributed by atoms with van der Waals surface area (Å²) in [4.78, 5) is 0. The van der Waals surface area contributed by atoms with Crippen LogP contribution < -0.4 is 0 Å². The molecule has 0 spiro atoms. The van der Waals surface area contributed by atoms with E-state index >= 15 is 0 Å². The minimum Gasteiger partial charge on any atom is -0.0679 e. The summed E-state index contributed by atoms with van der Waals surface area (Å²) in [6.07, 6.45) is 8.88. The summed E-state index contributed by atoms with van der Waals surface area (Å²) in [5.41, 5.74) is 27.7. The molecule has 0 amide bonds. The molecular formula is C46H54Si. The lowest BCUT2D eigenvalue weighted by Gasteiger charge is -2.40. The lowest BCUT2D eigenvalue weighted by atomic mass is 9.78. The fourth-order valence-electron chi connectivity index (χ4n) is 10.4. The highest BCUT2D eigenvalue weighted by Crippen LogP contribution is 2.56. The average Bonchev–Trinajstić information content (AvgIpc) is 3.63. The summed E-state index contributed by atoms with van der Waals surface area (Å²) in [7, 11) is -2.03. The first kappa shape index (κ1) is 32.1. The van der Waals surface area contributed by atoms with Crippen LogP contribution in [0.2, 0.25) is 13.1 Å². The van der Waals surface area contributed by atoms with E-state index in [2.05, 4.69) is 143 Å². The Labute approximate surface area is 286 Å². The van der Waals surface area contributed by atoms with Crippen molar-refractivity contribution in [2.45, 2.75) is 118 Å². The number of allylic oxidation sites excluding steroid dienone is 2. The Morgan fingerprint density at radius 2 is 1.04 bits per heavy atom. The summed E-state index contributed by atoms with van der Waals surface area (Å²) in [6, 6.07) is 19.6. The van der Waals surface area contributed by atoms with E-state index in [9.17, 15) is 0 Å². The van der Waals surface area contributed by atoms with Gasteiger partial charge in [0.05, 0.1) is 8.07 Å². The Morgan fingerprint density at radius 1 is 0.574 bits per heavy atom. The van der Waals surface area contributed by atoms with E-state index in [0.29, 0.717) is 11.1 Å². The quantitative estimate of drug-likeness (QED) is 0.196.